The molecule has 0 bridgehead atoms. The number of hydrogen-bond donors (Lipinski definition) is 0. The van der Waals surface area contributed by atoms with Crippen molar-refractivity contribution in [3.63, 3.8) is 0 Å². The van der Waals surface area contributed by atoms with Crippen LogP contribution in [0, 0.1) is 0 Å². The minimum atomic E-state index is 1.01. The summed E-state index contributed by atoms with van der Waals surface area (Å²) in [4.78, 5) is 0. The Bertz CT molecular complexity index is 518. The molecule has 18 heavy (non-hydrogen) atoms. The van der Waals surface area contributed by atoms with Crippen LogP contribution < -0.4 is 0 Å². The monoisotopic (exact) mass is 234 g/mol. The number of hydrogen-bond acceptors (Lipinski definition) is 0. The molecule has 0 heteroatoms. The Labute approximate surface area is 109 Å². The molecule has 2 rings (SSSR count). The van der Waals surface area contributed by atoms with Gasteiger partial charge in [0.25, 0.3) is 0 Å². The summed E-state index contributed by atoms with van der Waals surface area (Å²) >= 11 is 0. The molecule has 0 aromatic heterocycles. The predicted octanol–water partition coefficient (Wildman–Crippen LogP) is 4.89. The van der Waals surface area contributed by atoms with Crippen molar-refractivity contribution in [3.05, 3.63) is 89.5 Å². The highest BCUT2D eigenvalue weighted by Gasteiger charge is 1.91. The largest absolute Gasteiger partial charge is 0.0689 e. The number of rotatable bonds is 4. The second-order valence-electron chi connectivity index (χ2n) is 4.45. The molecule has 0 N–H and O–H groups in total. The van der Waals surface area contributed by atoms with E-state index in [0.717, 1.165) is 6.42 Å². The average molecular weight is 234 g/mol. The molecule has 0 saturated heterocycles. The first-order chi connectivity index (χ1) is 8.84. The van der Waals surface area contributed by atoms with E-state index in [1.165, 1.54) is 16.7 Å². The lowest BCUT2D eigenvalue weighted by molar-refractivity contribution is 1.14. The smallest absolute Gasteiger partial charge is 0.00668 e. The quantitative estimate of drug-likeness (QED) is 0.661. The highest BCUT2D eigenvalue weighted by Crippen LogP contribution is 2.08. The van der Waals surface area contributed by atoms with Gasteiger partial charge in [0, 0.05) is 0 Å². The summed E-state index contributed by atoms with van der Waals surface area (Å²) in [6, 6.07) is 20.9. The fourth-order valence-electron chi connectivity index (χ4n) is 1.86. The summed E-state index contributed by atoms with van der Waals surface area (Å²) in [6.07, 6.45) is 7.45. The van der Waals surface area contributed by atoms with Crippen LogP contribution >= 0.6 is 0 Å². The van der Waals surface area contributed by atoms with Crippen LogP contribution in [-0.2, 0) is 6.42 Å². The van der Waals surface area contributed by atoms with Crippen LogP contribution in [0.3, 0.4) is 0 Å². The number of allylic oxidation sites excluding steroid dienone is 3. The van der Waals surface area contributed by atoms with E-state index in [1.54, 1.807) is 0 Å². The Hall–Kier alpha value is -2.08. The van der Waals surface area contributed by atoms with E-state index in [9.17, 15) is 0 Å². The summed E-state index contributed by atoms with van der Waals surface area (Å²) in [5.74, 6) is 0. The SMILES string of the molecule is C/C(=C\C=C\c1ccccc1)Cc1ccccc1. The van der Waals surface area contributed by atoms with Crippen LogP contribution in [0.1, 0.15) is 18.1 Å². The van der Waals surface area contributed by atoms with E-state index >= 15 is 0 Å². The zero-order valence-corrected chi connectivity index (χ0v) is 10.7. The third-order valence-electron chi connectivity index (χ3n) is 2.79. The zero-order valence-electron chi connectivity index (χ0n) is 10.7. The van der Waals surface area contributed by atoms with Gasteiger partial charge in [0.15, 0.2) is 0 Å². The Kier molecular flexibility index (Phi) is 4.54. The summed E-state index contributed by atoms with van der Waals surface area (Å²) in [6.45, 7) is 2.17. The van der Waals surface area contributed by atoms with Crippen molar-refractivity contribution in [2.45, 2.75) is 13.3 Å². The molecular weight excluding hydrogens is 216 g/mol. The second-order valence-corrected chi connectivity index (χ2v) is 4.45. The first-order valence-electron chi connectivity index (χ1n) is 6.27. The van der Waals surface area contributed by atoms with Crippen molar-refractivity contribution in [3.8, 4) is 0 Å². The normalized spacial score (nSPS) is 11.9. The minimum Gasteiger partial charge on any atom is -0.0689 e. The van der Waals surface area contributed by atoms with Gasteiger partial charge in [0.1, 0.15) is 0 Å². The van der Waals surface area contributed by atoms with Crippen LogP contribution in [0.4, 0.5) is 0 Å². The van der Waals surface area contributed by atoms with Gasteiger partial charge in [-0.05, 0) is 24.5 Å². The van der Waals surface area contributed by atoms with E-state index < -0.39 is 0 Å². The lowest BCUT2D eigenvalue weighted by Crippen LogP contribution is -1.84. The van der Waals surface area contributed by atoms with Crippen molar-refractivity contribution >= 4 is 6.08 Å². The van der Waals surface area contributed by atoms with E-state index in [4.69, 9.17) is 0 Å². The molecule has 0 atom stereocenters. The molecule has 0 fully saturated rings. The van der Waals surface area contributed by atoms with Crippen LogP contribution in [-0.4, -0.2) is 0 Å². The Balaban J connectivity index is 1.95. The van der Waals surface area contributed by atoms with Crippen molar-refractivity contribution < 1.29 is 0 Å². The molecule has 90 valence electrons. The van der Waals surface area contributed by atoms with Gasteiger partial charge in [-0.25, -0.2) is 0 Å². The summed E-state index contributed by atoms with van der Waals surface area (Å²) in [7, 11) is 0. The third kappa shape index (κ3) is 4.06. The first kappa shape index (κ1) is 12.4. The summed E-state index contributed by atoms with van der Waals surface area (Å²) in [5.41, 5.74) is 3.97. The highest BCUT2D eigenvalue weighted by atomic mass is 14.0. The molecule has 0 radical (unpaired) electrons. The van der Waals surface area contributed by atoms with Crippen LogP contribution in [0.2, 0.25) is 0 Å². The molecule has 0 unspecified atom stereocenters. The van der Waals surface area contributed by atoms with E-state index in [2.05, 4.69) is 79.7 Å². The fraction of sp³-hybridized carbons (Fsp3) is 0.111. The Morgan fingerprint density at radius 3 is 2.17 bits per heavy atom. The molecule has 2 aromatic rings. The van der Waals surface area contributed by atoms with E-state index in [-0.39, 0.29) is 0 Å². The lowest BCUT2D eigenvalue weighted by Gasteiger charge is -2.00. The minimum absolute atomic E-state index is 1.01. The van der Waals surface area contributed by atoms with E-state index in [0.29, 0.717) is 0 Å². The predicted molar refractivity (Wildman–Crippen MR) is 79.4 cm³/mol. The molecule has 0 aliphatic heterocycles. The number of benzene rings is 2. The van der Waals surface area contributed by atoms with Crippen LogP contribution in [0.5, 0.6) is 0 Å². The fourth-order valence-corrected chi connectivity index (χ4v) is 1.86. The van der Waals surface area contributed by atoms with Gasteiger partial charge in [-0.1, -0.05) is 84.5 Å². The summed E-state index contributed by atoms with van der Waals surface area (Å²) < 4.78 is 0. The molecule has 0 saturated carbocycles. The van der Waals surface area contributed by atoms with Gasteiger partial charge in [0.05, 0.1) is 0 Å². The molecule has 0 aliphatic carbocycles. The maximum Gasteiger partial charge on any atom is -0.00668 e. The summed E-state index contributed by atoms with van der Waals surface area (Å²) in [5, 5.41) is 0. The van der Waals surface area contributed by atoms with Crippen molar-refractivity contribution in [2.75, 3.05) is 0 Å². The van der Waals surface area contributed by atoms with Gasteiger partial charge in [0.2, 0.25) is 0 Å². The lowest BCUT2D eigenvalue weighted by atomic mass is 10.1. The average Bonchev–Trinajstić information content (AvgIpc) is 2.41. The second kappa shape index (κ2) is 6.61. The van der Waals surface area contributed by atoms with Crippen molar-refractivity contribution in [1.82, 2.24) is 0 Å². The maximum atomic E-state index is 2.18. The van der Waals surface area contributed by atoms with Crippen molar-refractivity contribution in [1.29, 1.82) is 0 Å². The Morgan fingerprint density at radius 1 is 0.889 bits per heavy atom. The van der Waals surface area contributed by atoms with Gasteiger partial charge < -0.3 is 0 Å². The highest BCUT2D eigenvalue weighted by molar-refractivity contribution is 5.51. The molecule has 0 spiro atoms. The van der Waals surface area contributed by atoms with Crippen molar-refractivity contribution in [2.24, 2.45) is 0 Å². The maximum absolute atomic E-state index is 2.18. The molecule has 0 nitrogen and oxygen atoms in total. The van der Waals surface area contributed by atoms with Gasteiger partial charge in [-0.3, -0.25) is 0 Å². The van der Waals surface area contributed by atoms with E-state index in [1.807, 2.05) is 6.07 Å². The first-order valence-corrected chi connectivity index (χ1v) is 6.27. The van der Waals surface area contributed by atoms with Gasteiger partial charge in [-0.2, -0.15) is 0 Å². The molecule has 0 heterocycles. The molecular formula is C18H18. The van der Waals surface area contributed by atoms with Crippen LogP contribution in [0.25, 0.3) is 6.08 Å². The Morgan fingerprint density at radius 2 is 1.50 bits per heavy atom. The molecule has 0 aliphatic rings. The topological polar surface area (TPSA) is 0 Å². The van der Waals surface area contributed by atoms with Gasteiger partial charge in [-0.15, -0.1) is 0 Å². The van der Waals surface area contributed by atoms with Gasteiger partial charge >= 0.3 is 0 Å². The third-order valence-corrected chi connectivity index (χ3v) is 2.79. The molecule has 2 aromatic carbocycles. The van der Waals surface area contributed by atoms with Crippen LogP contribution in [0.15, 0.2) is 78.4 Å². The standard InChI is InChI=1S/C18H18/c1-16(15-18-12-6-3-7-13-18)9-8-14-17-10-4-2-5-11-17/h2-14H,15H2,1H3/b14-8+,16-9+. The molecule has 0 amide bonds. The zero-order chi connectivity index (χ0) is 12.6.